The molecule has 0 aliphatic heterocycles. The van der Waals surface area contributed by atoms with Crippen LogP contribution >= 0.6 is 0 Å². The fourth-order valence-electron chi connectivity index (χ4n) is 2.12. The third kappa shape index (κ3) is 6.45. The van der Waals surface area contributed by atoms with E-state index in [1.54, 1.807) is 12.1 Å². The molecule has 0 radical (unpaired) electrons. The Kier molecular flexibility index (Phi) is 6.25. The molecule has 0 bridgehead atoms. The maximum Gasteiger partial charge on any atom is 0.123 e. The molecule has 1 aromatic carbocycles. The zero-order valence-electron chi connectivity index (χ0n) is 11.4. The molecular weight excluding hydrogens is 211 g/mol. The average Bonchev–Trinajstić information content (AvgIpc) is 2.26. The lowest BCUT2D eigenvalue weighted by Gasteiger charge is -2.12. The highest BCUT2D eigenvalue weighted by Gasteiger charge is 2.04. The fraction of sp³-hybridized carbons (Fsp3) is 0.625. The molecule has 0 saturated heterocycles. The van der Waals surface area contributed by atoms with Gasteiger partial charge in [-0.15, -0.1) is 0 Å². The van der Waals surface area contributed by atoms with Crippen LogP contribution in [-0.2, 0) is 6.42 Å². The van der Waals surface area contributed by atoms with E-state index in [-0.39, 0.29) is 5.82 Å². The van der Waals surface area contributed by atoms with Gasteiger partial charge in [0, 0.05) is 0 Å². The quantitative estimate of drug-likeness (QED) is 0.609. The molecule has 0 fully saturated rings. The van der Waals surface area contributed by atoms with Gasteiger partial charge in [0.1, 0.15) is 5.82 Å². The van der Waals surface area contributed by atoms with Crippen LogP contribution in [0.3, 0.4) is 0 Å². The molecule has 17 heavy (non-hydrogen) atoms. The summed E-state index contributed by atoms with van der Waals surface area (Å²) >= 11 is 0. The van der Waals surface area contributed by atoms with Gasteiger partial charge in [0.15, 0.2) is 0 Å². The smallest absolute Gasteiger partial charge is 0.123 e. The molecule has 0 aliphatic carbocycles. The van der Waals surface area contributed by atoms with Crippen molar-refractivity contribution in [2.75, 3.05) is 0 Å². The molecule has 0 N–H and O–H groups in total. The van der Waals surface area contributed by atoms with E-state index < -0.39 is 0 Å². The van der Waals surface area contributed by atoms with Crippen LogP contribution in [0.25, 0.3) is 0 Å². The average molecular weight is 236 g/mol. The van der Waals surface area contributed by atoms with Crippen molar-refractivity contribution < 1.29 is 4.39 Å². The summed E-state index contributed by atoms with van der Waals surface area (Å²) in [5, 5.41) is 0. The second kappa shape index (κ2) is 7.47. The van der Waals surface area contributed by atoms with Crippen molar-refractivity contribution in [3.63, 3.8) is 0 Å². The zero-order valence-corrected chi connectivity index (χ0v) is 11.4. The Bertz CT molecular complexity index is 317. The second-order valence-corrected chi connectivity index (χ2v) is 5.60. The van der Waals surface area contributed by atoms with Gasteiger partial charge in [-0.1, -0.05) is 52.2 Å². The fourth-order valence-corrected chi connectivity index (χ4v) is 2.12. The lowest BCUT2D eigenvalue weighted by Crippen LogP contribution is -1.99. The molecule has 0 aromatic heterocycles. The van der Waals surface area contributed by atoms with Gasteiger partial charge in [0.2, 0.25) is 0 Å². The summed E-state index contributed by atoms with van der Waals surface area (Å²) in [5.74, 6) is 1.44. The number of benzene rings is 1. The molecule has 1 aromatic rings. The van der Waals surface area contributed by atoms with Crippen LogP contribution in [0.2, 0.25) is 0 Å². The van der Waals surface area contributed by atoms with Gasteiger partial charge in [-0.3, -0.25) is 0 Å². The summed E-state index contributed by atoms with van der Waals surface area (Å²) in [6.45, 7) is 6.86. The van der Waals surface area contributed by atoms with Crippen LogP contribution in [0.15, 0.2) is 24.3 Å². The van der Waals surface area contributed by atoms with Crippen LogP contribution in [0, 0.1) is 17.7 Å². The Labute approximate surface area is 105 Å². The summed E-state index contributed by atoms with van der Waals surface area (Å²) in [5.41, 5.74) is 1.13. The summed E-state index contributed by atoms with van der Waals surface area (Å²) in [6.07, 6.45) is 6.11. The molecule has 0 aliphatic rings. The third-order valence-corrected chi connectivity index (χ3v) is 3.29. The monoisotopic (exact) mass is 236 g/mol. The Morgan fingerprint density at radius 1 is 1.06 bits per heavy atom. The van der Waals surface area contributed by atoms with E-state index in [0.717, 1.165) is 23.8 Å². The summed E-state index contributed by atoms with van der Waals surface area (Å²) < 4.78 is 13.0. The van der Waals surface area contributed by atoms with Crippen molar-refractivity contribution in [1.29, 1.82) is 0 Å². The van der Waals surface area contributed by atoms with Crippen molar-refractivity contribution in [3.05, 3.63) is 35.6 Å². The van der Waals surface area contributed by atoms with E-state index in [1.165, 1.54) is 31.7 Å². The minimum Gasteiger partial charge on any atom is -0.207 e. The predicted octanol–water partition coefficient (Wildman–Crippen LogP) is 5.22. The molecule has 96 valence electrons. The topological polar surface area (TPSA) is 0 Å². The van der Waals surface area contributed by atoms with Gasteiger partial charge in [0.25, 0.3) is 0 Å². The first-order valence-electron chi connectivity index (χ1n) is 6.82. The SMILES string of the molecule is CC(C)CCCC(C)CCc1cccc(F)c1. The van der Waals surface area contributed by atoms with Gasteiger partial charge < -0.3 is 0 Å². The van der Waals surface area contributed by atoms with E-state index in [0.29, 0.717) is 0 Å². The molecule has 0 nitrogen and oxygen atoms in total. The molecule has 0 spiro atoms. The second-order valence-electron chi connectivity index (χ2n) is 5.60. The summed E-state index contributed by atoms with van der Waals surface area (Å²) in [6, 6.07) is 6.98. The number of hydrogen-bond acceptors (Lipinski definition) is 0. The highest BCUT2D eigenvalue weighted by molar-refractivity contribution is 5.16. The van der Waals surface area contributed by atoms with E-state index in [4.69, 9.17) is 0 Å². The number of rotatable bonds is 7. The molecule has 0 amide bonds. The van der Waals surface area contributed by atoms with E-state index in [9.17, 15) is 4.39 Å². The summed E-state index contributed by atoms with van der Waals surface area (Å²) in [7, 11) is 0. The summed E-state index contributed by atoms with van der Waals surface area (Å²) in [4.78, 5) is 0. The Hall–Kier alpha value is -0.850. The largest absolute Gasteiger partial charge is 0.207 e. The van der Waals surface area contributed by atoms with Gasteiger partial charge >= 0.3 is 0 Å². The molecule has 1 atom stereocenters. The third-order valence-electron chi connectivity index (χ3n) is 3.29. The van der Waals surface area contributed by atoms with Crippen LogP contribution in [0.4, 0.5) is 4.39 Å². The molecule has 1 heteroatoms. The Morgan fingerprint density at radius 3 is 2.47 bits per heavy atom. The molecule has 0 saturated carbocycles. The Balaban J connectivity index is 2.21. The highest BCUT2D eigenvalue weighted by Crippen LogP contribution is 2.17. The van der Waals surface area contributed by atoms with Crippen molar-refractivity contribution in [2.24, 2.45) is 11.8 Å². The predicted molar refractivity (Wildman–Crippen MR) is 72.6 cm³/mol. The molecule has 0 heterocycles. The first-order valence-corrected chi connectivity index (χ1v) is 6.82. The molecular formula is C16H25F. The zero-order chi connectivity index (χ0) is 12.7. The molecule has 1 rings (SSSR count). The van der Waals surface area contributed by atoms with E-state index in [1.807, 2.05) is 6.07 Å². The van der Waals surface area contributed by atoms with E-state index >= 15 is 0 Å². The normalized spacial score (nSPS) is 13.0. The van der Waals surface area contributed by atoms with Crippen molar-refractivity contribution >= 4 is 0 Å². The van der Waals surface area contributed by atoms with Crippen molar-refractivity contribution in [3.8, 4) is 0 Å². The van der Waals surface area contributed by atoms with Gasteiger partial charge in [-0.2, -0.15) is 0 Å². The first-order chi connectivity index (χ1) is 8.08. The van der Waals surface area contributed by atoms with E-state index in [2.05, 4.69) is 20.8 Å². The minimum absolute atomic E-state index is 0.116. The van der Waals surface area contributed by atoms with Crippen LogP contribution in [0.5, 0.6) is 0 Å². The maximum atomic E-state index is 13.0. The van der Waals surface area contributed by atoms with Crippen LogP contribution < -0.4 is 0 Å². The minimum atomic E-state index is -0.116. The van der Waals surface area contributed by atoms with Gasteiger partial charge in [-0.25, -0.2) is 4.39 Å². The van der Waals surface area contributed by atoms with Crippen LogP contribution in [0.1, 0.15) is 52.0 Å². The maximum absolute atomic E-state index is 13.0. The van der Waals surface area contributed by atoms with Crippen molar-refractivity contribution in [2.45, 2.75) is 52.9 Å². The number of hydrogen-bond donors (Lipinski definition) is 0. The standard InChI is InChI=1S/C16H25F/c1-13(2)6-4-7-14(3)10-11-15-8-5-9-16(17)12-15/h5,8-9,12-14H,4,6-7,10-11H2,1-3H3. The lowest BCUT2D eigenvalue weighted by atomic mass is 9.94. The highest BCUT2D eigenvalue weighted by atomic mass is 19.1. The first kappa shape index (κ1) is 14.2. The van der Waals surface area contributed by atoms with Gasteiger partial charge in [-0.05, 0) is 42.4 Å². The van der Waals surface area contributed by atoms with Crippen LogP contribution in [-0.4, -0.2) is 0 Å². The number of aryl methyl sites for hydroxylation is 1. The molecule has 1 unspecified atom stereocenters. The number of halogens is 1. The van der Waals surface area contributed by atoms with Crippen molar-refractivity contribution in [1.82, 2.24) is 0 Å². The van der Waals surface area contributed by atoms with Gasteiger partial charge in [0.05, 0.1) is 0 Å². The lowest BCUT2D eigenvalue weighted by molar-refractivity contribution is 0.436. The Morgan fingerprint density at radius 2 is 1.82 bits per heavy atom.